The van der Waals surface area contributed by atoms with E-state index in [1.165, 1.54) is 82.4 Å². The van der Waals surface area contributed by atoms with Crippen LogP contribution in [-0.4, -0.2) is 4.40 Å². The van der Waals surface area contributed by atoms with E-state index < -0.39 is 0 Å². The standard InChI is InChI=1S/C57H54N2O/c1-54(2,3)32-20-23-35(24-21-32)58-46-31-45-38(36-16-12-14-18-44(36)57(45,10)11)29-39(46)42-30-48-50(51-37-17-13-15-19-49(37)60-53(42)51)43-28-34(56(7,8)9)27-41-40-26-33(55(4,5)6)22-25-47(40)59(48)52(41)43/h12-31,58H,1-11H3. The Balaban J connectivity index is 1.29. The summed E-state index contributed by atoms with van der Waals surface area (Å²) < 4.78 is 9.68. The minimum absolute atomic E-state index is 0.0291. The van der Waals surface area contributed by atoms with Gasteiger partial charge in [0.1, 0.15) is 11.2 Å². The van der Waals surface area contributed by atoms with Crippen LogP contribution in [0.1, 0.15) is 104 Å². The summed E-state index contributed by atoms with van der Waals surface area (Å²) in [7, 11) is 0. The van der Waals surface area contributed by atoms with Crippen molar-refractivity contribution in [1.82, 2.24) is 4.40 Å². The van der Waals surface area contributed by atoms with E-state index in [0.717, 1.165) is 39.1 Å². The van der Waals surface area contributed by atoms with Crippen LogP contribution in [-0.2, 0) is 21.7 Å². The normalized spacial score (nSPS) is 14.4. The van der Waals surface area contributed by atoms with Crippen LogP contribution < -0.4 is 5.32 Å². The number of nitrogens with one attached hydrogen (secondary N) is 1. The van der Waals surface area contributed by atoms with Gasteiger partial charge in [-0.1, -0.05) is 137 Å². The van der Waals surface area contributed by atoms with Crippen molar-refractivity contribution in [3.05, 3.63) is 149 Å². The lowest BCUT2D eigenvalue weighted by Gasteiger charge is -2.24. The molecule has 11 rings (SSSR count). The number of aromatic nitrogens is 1. The number of fused-ring (bicyclic) bond motifs is 13. The van der Waals surface area contributed by atoms with Gasteiger partial charge in [0.05, 0.1) is 16.6 Å². The molecule has 0 spiro atoms. The molecule has 0 unspecified atom stereocenters. The first-order valence-electron chi connectivity index (χ1n) is 21.7. The highest BCUT2D eigenvalue weighted by atomic mass is 16.3. The second-order valence-electron chi connectivity index (χ2n) is 21.2. The Kier molecular flexibility index (Phi) is 7.42. The third-order valence-corrected chi connectivity index (χ3v) is 13.8. The lowest BCUT2D eigenvalue weighted by Crippen LogP contribution is -2.15. The molecule has 10 aromatic rings. The van der Waals surface area contributed by atoms with Gasteiger partial charge in [0, 0.05) is 60.2 Å². The molecule has 3 heteroatoms. The molecule has 3 nitrogen and oxygen atoms in total. The maximum atomic E-state index is 7.12. The molecule has 60 heavy (non-hydrogen) atoms. The van der Waals surface area contributed by atoms with E-state index in [-0.39, 0.29) is 21.7 Å². The lowest BCUT2D eigenvalue weighted by atomic mass is 9.81. The maximum Gasteiger partial charge on any atom is 0.144 e. The zero-order chi connectivity index (χ0) is 41.8. The first kappa shape index (κ1) is 37.0. The molecular weight excluding hydrogens is 729 g/mol. The fourth-order valence-corrected chi connectivity index (χ4v) is 10.3. The summed E-state index contributed by atoms with van der Waals surface area (Å²) in [4.78, 5) is 0. The summed E-state index contributed by atoms with van der Waals surface area (Å²) in [5.74, 6) is 0. The number of hydrogen-bond donors (Lipinski definition) is 1. The second-order valence-corrected chi connectivity index (χ2v) is 21.2. The number of nitrogens with zero attached hydrogens (tertiary/aromatic N) is 1. The molecule has 0 aliphatic heterocycles. The van der Waals surface area contributed by atoms with E-state index in [1.54, 1.807) is 0 Å². The Labute approximate surface area is 353 Å². The maximum absolute atomic E-state index is 7.12. The summed E-state index contributed by atoms with van der Waals surface area (Å²) in [6.45, 7) is 25.5. The molecule has 0 saturated carbocycles. The SMILES string of the molecule is CC(C)(C)c1ccc(Nc2cc3c(cc2-c2cc4c(c5cc(C(C)(C)C)cc6c7cc(C(C)(C)C)ccc7n4c65)c4c2oc2ccccc24)-c2ccccc2C3(C)C)cc1. The molecule has 3 heterocycles. The number of anilines is 2. The molecule has 0 saturated heterocycles. The highest BCUT2D eigenvalue weighted by Gasteiger charge is 2.37. The van der Waals surface area contributed by atoms with E-state index >= 15 is 0 Å². The van der Waals surface area contributed by atoms with E-state index in [0.29, 0.717) is 0 Å². The highest BCUT2D eigenvalue weighted by Crippen LogP contribution is 2.54. The molecule has 0 bridgehead atoms. The van der Waals surface area contributed by atoms with Gasteiger partial charge in [-0.05, 0) is 116 Å². The van der Waals surface area contributed by atoms with Crippen LogP contribution in [0.4, 0.5) is 11.4 Å². The summed E-state index contributed by atoms with van der Waals surface area (Å²) in [6.07, 6.45) is 0. The van der Waals surface area contributed by atoms with Crippen molar-refractivity contribution >= 4 is 71.4 Å². The molecule has 1 aliphatic carbocycles. The Morgan fingerprint density at radius 1 is 0.483 bits per heavy atom. The minimum Gasteiger partial charge on any atom is -0.455 e. The van der Waals surface area contributed by atoms with Crippen molar-refractivity contribution in [3.63, 3.8) is 0 Å². The van der Waals surface area contributed by atoms with Crippen molar-refractivity contribution < 1.29 is 4.42 Å². The molecule has 7 aromatic carbocycles. The molecule has 298 valence electrons. The minimum atomic E-state index is -0.155. The summed E-state index contributed by atoms with van der Waals surface area (Å²) in [5, 5.41) is 11.5. The van der Waals surface area contributed by atoms with Gasteiger partial charge in [-0.3, -0.25) is 0 Å². The average molecular weight is 783 g/mol. The van der Waals surface area contributed by atoms with Crippen molar-refractivity contribution in [2.24, 2.45) is 0 Å². The Hall–Kier alpha value is -6.06. The zero-order valence-corrected chi connectivity index (χ0v) is 36.9. The monoisotopic (exact) mass is 782 g/mol. The first-order chi connectivity index (χ1) is 28.4. The fraction of sp³-hybridized carbons (Fsp3) is 0.263. The molecule has 0 atom stereocenters. The molecule has 1 aliphatic rings. The number of benzene rings is 7. The largest absolute Gasteiger partial charge is 0.455 e. The second kappa shape index (κ2) is 12.0. The van der Waals surface area contributed by atoms with E-state index in [4.69, 9.17) is 4.42 Å². The molecule has 0 amide bonds. The Morgan fingerprint density at radius 3 is 1.87 bits per heavy atom. The van der Waals surface area contributed by atoms with Gasteiger partial charge in [0.25, 0.3) is 0 Å². The topological polar surface area (TPSA) is 29.6 Å². The van der Waals surface area contributed by atoms with Gasteiger partial charge in [-0.2, -0.15) is 0 Å². The number of para-hydroxylation sites is 1. The van der Waals surface area contributed by atoms with E-state index in [1.807, 2.05) is 0 Å². The van der Waals surface area contributed by atoms with E-state index in [9.17, 15) is 0 Å². The lowest BCUT2D eigenvalue weighted by molar-refractivity contribution is 0.590. The predicted octanol–water partition coefficient (Wildman–Crippen LogP) is 16.3. The number of rotatable bonds is 3. The van der Waals surface area contributed by atoms with Crippen molar-refractivity contribution in [2.75, 3.05) is 5.32 Å². The van der Waals surface area contributed by atoms with Gasteiger partial charge in [0.2, 0.25) is 0 Å². The molecule has 1 N–H and O–H groups in total. The molecule has 0 radical (unpaired) electrons. The van der Waals surface area contributed by atoms with Crippen LogP contribution in [0.3, 0.4) is 0 Å². The quantitative estimate of drug-likeness (QED) is 0.193. The van der Waals surface area contributed by atoms with Crippen LogP contribution in [0.15, 0.2) is 126 Å². The molecular formula is C57H54N2O. The first-order valence-corrected chi connectivity index (χ1v) is 21.7. The van der Waals surface area contributed by atoms with Crippen LogP contribution in [0.2, 0.25) is 0 Å². The number of hydrogen-bond acceptors (Lipinski definition) is 2. The highest BCUT2D eigenvalue weighted by molar-refractivity contribution is 6.34. The average Bonchev–Trinajstić information content (AvgIpc) is 3.91. The fourth-order valence-electron chi connectivity index (χ4n) is 10.3. The van der Waals surface area contributed by atoms with Crippen molar-refractivity contribution in [2.45, 2.75) is 97.8 Å². The molecule has 3 aromatic heterocycles. The van der Waals surface area contributed by atoms with Crippen molar-refractivity contribution in [3.8, 4) is 22.3 Å². The van der Waals surface area contributed by atoms with Crippen LogP contribution in [0.5, 0.6) is 0 Å². The van der Waals surface area contributed by atoms with Crippen LogP contribution >= 0.6 is 0 Å². The predicted molar refractivity (Wildman–Crippen MR) is 257 cm³/mol. The zero-order valence-electron chi connectivity index (χ0n) is 36.9. The number of furan rings is 1. The Morgan fingerprint density at radius 2 is 1.13 bits per heavy atom. The van der Waals surface area contributed by atoms with Gasteiger partial charge in [-0.25, -0.2) is 0 Å². The van der Waals surface area contributed by atoms with Gasteiger partial charge < -0.3 is 14.1 Å². The third-order valence-electron chi connectivity index (χ3n) is 13.8. The van der Waals surface area contributed by atoms with Gasteiger partial charge >= 0.3 is 0 Å². The summed E-state index contributed by atoms with van der Waals surface area (Å²) >= 11 is 0. The van der Waals surface area contributed by atoms with Crippen LogP contribution in [0.25, 0.3) is 82.3 Å². The third kappa shape index (κ3) is 5.20. The van der Waals surface area contributed by atoms with Crippen molar-refractivity contribution in [1.29, 1.82) is 0 Å². The molecule has 0 fully saturated rings. The van der Waals surface area contributed by atoms with Gasteiger partial charge in [-0.15, -0.1) is 0 Å². The van der Waals surface area contributed by atoms with Crippen LogP contribution in [0, 0.1) is 0 Å². The summed E-state index contributed by atoms with van der Waals surface area (Å²) in [6, 6.07) is 46.0. The van der Waals surface area contributed by atoms with E-state index in [2.05, 4.69) is 207 Å². The smallest absolute Gasteiger partial charge is 0.144 e. The Bertz CT molecular complexity index is 3400. The summed E-state index contributed by atoms with van der Waals surface area (Å²) in [5.41, 5.74) is 19.1. The van der Waals surface area contributed by atoms with Gasteiger partial charge in [0.15, 0.2) is 0 Å².